The van der Waals surface area contributed by atoms with E-state index in [4.69, 9.17) is 4.74 Å². The minimum Gasteiger partial charge on any atom is -0.449 e. The van der Waals surface area contributed by atoms with Crippen molar-refractivity contribution in [1.29, 1.82) is 0 Å². The summed E-state index contributed by atoms with van der Waals surface area (Å²) in [6.07, 6.45) is -0.00417. The summed E-state index contributed by atoms with van der Waals surface area (Å²) >= 11 is 0. The molecule has 3 rings (SSSR count). The van der Waals surface area contributed by atoms with Crippen LogP contribution in [0.5, 0.6) is 0 Å². The van der Waals surface area contributed by atoms with Gasteiger partial charge in [0.2, 0.25) is 0 Å². The Kier molecular flexibility index (Phi) is 4.85. The first kappa shape index (κ1) is 18.4. The van der Waals surface area contributed by atoms with Gasteiger partial charge in [0.05, 0.1) is 6.20 Å². The van der Waals surface area contributed by atoms with Crippen LogP contribution in [0, 0.1) is 25.5 Å². The Morgan fingerprint density at radius 2 is 1.89 bits per heavy atom. The zero-order chi connectivity index (χ0) is 19.7. The number of para-hydroxylation sites is 1. The maximum absolute atomic E-state index is 13.6. The number of fused-ring (bicyclic) bond motifs is 1. The summed E-state index contributed by atoms with van der Waals surface area (Å²) in [5, 5.41) is 6.16. The Labute approximate surface area is 153 Å². The number of ether oxygens (including phenoxy) is 1. The fourth-order valence-corrected chi connectivity index (χ4v) is 2.53. The second kappa shape index (κ2) is 7.10. The van der Waals surface area contributed by atoms with Crippen molar-refractivity contribution < 1.29 is 23.1 Å². The van der Waals surface area contributed by atoms with Crippen LogP contribution in [0.15, 0.2) is 30.5 Å². The predicted octanol–water partition coefficient (Wildman–Crippen LogP) is 2.81. The average Bonchev–Trinajstić information content (AvgIpc) is 3.02. The Balaban J connectivity index is 1.77. The van der Waals surface area contributed by atoms with Crippen LogP contribution in [-0.2, 0) is 9.53 Å². The average molecular weight is 374 g/mol. The molecule has 140 valence electrons. The molecule has 0 aliphatic heterocycles. The van der Waals surface area contributed by atoms with Crippen LogP contribution in [0.25, 0.3) is 5.65 Å². The number of hydrogen-bond donors (Lipinski definition) is 1. The lowest BCUT2D eigenvalue weighted by molar-refractivity contribution is -0.123. The van der Waals surface area contributed by atoms with Crippen molar-refractivity contribution in [3.8, 4) is 0 Å². The fraction of sp³-hybridized carbons (Fsp3) is 0.222. The van der Waals surface area contributed by atoms with Gasteiger partial charge in [0.15, 0.2) is 11.8 Å². The SMILES string of the molecule is Cc1cc(C)n2ncc(C(=O)OC(C)C(=O)Nc3c(F)cccc3F)c2n1. The summed E-state index contributed by atoms with van der Waals surface area (Å²) in [5.41, 5.74) is 1.24. The number of benzene rings is 1. The molecule has 0 saturated heterocycles. The number of carbonyl (C=O) groups is 2. The van der Waals surface area contributed by atoms with Crippen molar-refractivity contribution in [1.82, 2.24) is 14.6 Å². The minimum absolute atomic E-state index is 0.0820. The molecule has 1 aromatic carbocycles. The second-order valence-corrected chi connectivity index (χ2v) is 5.97. The smallest absolute Gasteiger partial charge is 0.344 e. The molecule has 0 bridgehead atoms. The summed E-state index contributed by atoms with van der Waals surface area (Å²) in [6.45, 7) is 4.87. The number of aryl methyl sites for hydroxylation is 2. The molecule has 1 atom stereocenters. The number of carbonyl (C=O) groups excluding carboxylic acids is 2. The number of nitrogens with zero attached hydrogens (tertiary/aromatic N) is 3. The van der Waals surface area contributed by atoms with Gasteiger partial charge in [0, 0.05) is 11.4 Å². The number of hydrogen-bond acceptors (Lipinski definition) is 5. The molecule has 0 aliphatic carbocycles. The second-order valence-electron chi connectivity index (χ2n) is 5.97. The standard InChI is InChI=1S/C18H16F2N4O3/c1-9-7-10(2)24-16(22-9)12(8-21-24)18(26)27-11(3)17(25)23-15-13(19)5-4-6-14(15)20/h4-8,11H,1-3H3,(H,23,25). The number of nitrogens with one attached hydrogen (secondary N) is 1. The molecule has 0 aliphatic rings. The Morgan fingerprint density at radius 3 is 2.56 bits per heavy atom. The first-order chi connectivity index (χ1) is 12.8. The van der Waals surface area contributed by atoms with E-state index in [1.165, 1.54) is 23.7 Å². The molecule has 2 heterocycles. The molecule has 0 fully saturated rings. The van der Waals surface area contributed by atoms with Crippen molar-refractivity contribution in [2.75, 3.05) is 5.32 Å². The molecule has 1 N–H and O–H groups in total. The molecule has 0 saturated carbocycles. The van der Waals surface area contributed by atoms with Crippen molar-refractivity contribution in [3.63, 3.8) is 0 Å². The molecule has 3 aromatic rings. The molecular formula is C18H16F2N4O3. The summed E-state index contributed by atoms with van der Waals surface area (Å²) in [6, 6.07) is 4.98. The molecule has 7 nitrogen and oxygen atoms in total. The summed E-state index contributed by atoms with van der Waals surface area (Å²) < 4.78 is 33.8. The molecular weight excluding hydrogens is 358 g/mol. The fourth-order valence-electron chi connectivity index (χ4n) is 2.53. The van der Waals surface area contributed by atoms with Crippen LogP contribution >= 0.6 is 0 Å². The maximum Gasteiger partial charge on any atom is 0.344 e. The highest BCUT2D eigenvalue weighted by Crippen LogP contribution is 2.19. The number of halogens is 2. The Hall–Kier alpha value is -3.36. The van der Waals surface area contributed by atoms with Crippen molar-refractivity contribution >= 4 is 23.2 Å². The monoisotopic (exact) mass is 374 g/mol. The lowest BCUT2D eigenvalue weighted by atomic mass is 10.2. The van der Waals surface area contributed by atoms with Gasteiger partial charge in [-0.05, 0) is 39.0 Å². The quantitative estimate of drug-likeness (QED) is 0.710. The van der Waals surface area contributed by atoms with E-state index in [0.29, 0.717) is 11.3 Å². The van der Waals surface area contributed by atoms with Gasteiger partial charge in [-0.15, -0.1) is 0 Å². The number of amides is 1. The molecule has 0 radical (unpaired) electrons. The van der Waals surface area contributed by atoms with E-state index < -0.39 is 35.3 Å². The van der Waals surface area contributed by atoms with E-state index in [9.17, 15) is 18.4 Å². The summed E-state index contributed by atoms with van der Waals surface area (Å²) in [4.78, 5) is 28.8. The van der Waals surface area contributed by atoms with Gasteiger partial charge in [-0.1, -0.05) is 6.07 Å². The Bertz CT molecular complexity index is 1030. The van der Waals surface area contributed by atoms with Gasteiger partial charge < -0.3 is 10.1 Å². The largest absolute Gasteiger partial charge is 0.449 e. The van der Waals surface area contributed by atoms with Crippen LogP contribution in [0.1, 0.15) is 28.7 Å². The van der Waals surface area contributed by atoms with E-state index in [0.717, 1.165) is 17.8 Å². The van der Waals surface area contributed by atoms with Gasteiger partial charge in [0.1, 0.15) is 22.9 Å². The molecule has 2 aromatic heterocycles. The molecule has 0 spiro atoms. The first-order valence-corrected chi connectivity index (χ1v) is 8.05. The number of rotatable bonds is 4. The third-order valence-electron chi connectivity index (χ3n) is 3.86. The predicted molar refractivity (Wildman–Crippen MR) is 92.3 cm³/mol. The van der Waals surface area contributed by atoms with Gasteiger partial charge in [0.25, 0.3) is 5.91 Å². The normalized spacial score (nSPS) is 12.0. The maximum atomic E-state index is 13.6. The number of esters is 1. The van der Waals surface area contributed by atoms with Gasteiger partial charge in [-0.2, -0.15) is 5.10 Å². The first-order valence-electron chi connectivity index (χ1n) is 8.05. The van der Waals surface area contributed by atoms with Crippen LogP contribution in [0.4, 0.5) is 14.5 Å². The Morgan fingerprint density at radius 1 is 1.22 bits per heavy atom. The third kappa shape index (κ3) is 3.62. The topological polar surface area (TPSA) is 85.6 Å². The van der Waals surface area contributed by atoms with Crippen molar-refractivity contribution in [3.05, 3.63) is 59.0 Å². The zero-order valence-corrected chi connectivity index (χ0v) is 14.8. The highest BCUT2D eigenvalue weighted by molar-refractivity contribution is 5.99. The molecule has 1 amide bonds. The van der Waals surface area contributed by atoms with E-state index >= 15 is 0 Å². The van der Waals surface area contributed by atoms with E-state index in [1.807, 2.05) is 6.92 Å². The molecule has 1 unspecified atom stereocenters. The van der Waals surface area contributed by atoms with E-state index in [1.54, 1.807) is 13.0 Å². The lowest BCUT2D eigenvalue weighted by Crippen LogP contribution is -2.30. The van der Waals surface area contributed by atoms with Crippen molar-refractivity contribution in [2.45, 2.75) is 26.9 Å². The molecule has 27 heavy (non-hydrogen) atoms. The van der Waals surface area contributed by atoms with Gasteiger partial charge in [-0.3, -0.25) is 4.79 Å². The van der Waals surface area contributed by atoms with E-state index in [-0.39, 0.29) is 5.56 Å². The van der Waals surface area contributed by atoms with E-state index in [2.05, 4.69) is 15.4 Å². The van der Waals surface area contributed by atoms with Crippen molar-refractivity contribution in [2.24, 2.45) is 0 Å². The zero-order valence-electron chi connectivity index (χ0n) is 14.8. The van der Waals surface area contributed by atoms with Crippen LogP contribution < -0.4 is 5.32 Å². The van der Waals surface area contributed by atoms with Crippen LogP contribution in [0.2, 0.25) is 0 Å². The van der Waals surface area contributed by atoms with Gasteiger partial charge in [-0.25, -0.2) is 23.1 Å². The number of aromatic nitrogens is 3. The van der Waals surface area contributed by atoms with Gasteiger partial charge >= 0.3 is 5.97 Å². The number of anilines is 1. The van der Waals surface area contributed by atoms with Crippen LogP contribution in [0.3, 0.4) is 0 Å². The summed E-state index contributed by atoms with van der Waals surface area (Å²) in [7, 11) is 0. The lowest BCUT2D eigenvalue weighted by Gasteiger charge is -2.14. The third-order valence-corrected chi connectivity index (χ3v) is 3.86. The summed E-state index contributed by atoms with van der Waals surface area (Å²) in [5.74, 6) is -3.55. The minimum atomic E-state index is -1.29. The highest BCUT2D eigenvalue weighted by atomic mass is 19.1. The molecule has 9 heteroatoms. The highest BCUT2D eigenvalue weighted by Gasteiger charge is 2.24. The van der Waals surface area contributed by atoms with Crippen LogP contribution in [-0.4, -0.2) is 32.6 Å².